The highest BCUT2D eigenvalue weighted by molar-refractivity contribution is 7.99. The average molecular weight is 402 g/mol. The quantitative estimate of drug-likeness (QED) is 0.550. The summed E-state index contributed by atoms with van der Waals surface area (Å²) in [5.41, 5.74) is 7.79. The predicted octanol–water partition coefficient (Wildman–Crippen LogP) is 3.63. The lowest BCUT2D eigenvalue weighted by molar-refractivity contribution is -0.150. The zero-order valence-electron chi connectivity index (χ0n) is 15.0. The Morgan fingerprint density at radius 1 is 1.22 bits per heavy atom. The smallest absolute Gasteiger partial charge is 0.395 e. The summed E-state index contributed by atoms with van der Waals surface area (Å²) in [4.78, 5) is 10.6. The molecular weight excluding hydrogens is 377 g/mol. The van der Waals surface area contributed by atoms with E-state index in [9.17, 15) is 18.0 Å². The van der Waals surface area contributed by atoms with Crippen molar-refractivity contribution in [2.24, 2.45) is 5.73 Å². The fraction of sp³-hybridized carbons (Fsp3) is 0.526. The van der Waals surface area contributed by atoms with Crippen LogP contribution in [0.4, 0.5) is 13.2 Å². The van der Waals surface area contributed by atoms with Gasteiger partial charge in [0.1, 0.15) is 6.04 Å². The van der Waals surface area contributed by atoms with Gasteiger partial charge in [-0.2, -0.15) is 24.9 Å². The van der Waals surface area contributed by atoms with Crippen LogP contribution in [0, 0.1) is 0 Å². The summed E-state index contributed by atoms with van der Waals surface area (Å²) in [5, 5.41) is 11.9. The standard InChI is InChI=1S/C19H25F3N2O2S/c20-19(21,22)16(7-11-27-12-8-17(23)18(25)26)15-3-1-13(2-4-15)14-5-9-24-10-6-14/h1-5,16-17,24H,6-12,23H2,(H,25,26). The molecule has 4 N–H and O–H groups in total. The van der Waals surface area contributed by atoms with Gasteiger partial charge in [0, 0.05) is 6.54 Å². The molecule has 1 aromatic carbocycles. The average Bonchev–Trinajstić information content (AvgIpc) is 2.64. The third kappa shape index (κ3) is 6.86. The third-order valence-corrected chi connectivity index (χ3v) is 5.63. The number of nitrogens with two attached hydrogens (primary N) is 1. The molecule has 1 heterocycles. The van der Waals surface area contributed by atoms with Gasteiger partial charge in [0.25, 0.3) is 0 Å². The van der Waals surface area contributed by atoms with Crippen LogP contribution in [-0.2, 0) is 4.79 Å². The van der Waals surface area contributed by atoms with Crippen LogP contribution in [0.15, 0.2) is 30.3 Å². The lowest BCUT2D eigenvalue weighted by Crippen LogP contribution is -2.30. The predicted molar refractivity (Wildman–Crippen MR) is 103 cm³/mol. The zero-order valence-corrected chi connectivity index (χ0v) is 15.8. The molecule has 0 radical (unpaired) electrons. The van der Waals surface area contributed by atoms with E-state index >= 15 is 0 Å². The second-order valence-corrected chi connectivity index (χ2v) is 7.76. The van der Waals surface area contributed by atoms with Crippen LogP contribution in [0.25, 0.3) is 5.57 Å². The monoisotopic (exact) mass is 402 g/mol. The van der Waals surface area contributed by atoms with Gasteiger partial charge in [0.2, 0.25) is 0 Å². The Kier molecular flexibility index (Phi) is 8.19. The number of benzene rings is 1. The molecule has 8 heteroatoms. The molecule has 4 nitrogen and oxygen atoms in total. The van der Waals surface area contributed by atoms with Crippen molar-refractivity contribution in [3.63, 3.8) is 0 Å². The number of rotatable bonds is 9. The second-order valence-electron chi connectivity index (χ2n) is 6.53. The van der Waals surface area contributed by atoms with Gasteiger partial charge in [0.15, 0.2) is 0 Å². The molecule has 0 amide bonds. The summed E-state index contributed by atoms with van der Waals surface area (Å²) in [6, 6.07) is 5.71. The van der Waals surface area contributed by atoms with Crippen LogP contribution >= 0.6 is 11.8 Å². The highest BCUT2D eigenvalue weighted by Crippen LogP contribution is 2.38. The molecular formula is C19H25F3N2O2S. The van der Waals surface area contributed by atoms with E-state index in [1.165, 1.54) is 11.8 Å². The van der Waals surface area contributed by atoms with E-state index in [0.29, 0.717) is 11.5 Å². The van der Waals surface area contributed by atoms with Gasteiger partial charge in [-0.25, -0.2) is 0 Å². The maximum absolute atomic E-state index is 13.5. The van der Waals surface area contributed by atoms with E-state index in [1.54, 1.807) is 24.3 Å². The number of aliphatic carboxylic acids is 1. The number of carboxylic acids is 1. The Morgan fingerprint density at radius 3 is 2.44 bits per heavy atom. The van der Waals surface area contributed by atoms with Crippen molar-refractivity contribution in [3.8, 4) is 0 Å². The Bertz CT molecular complexity index is 647. The first-order valence-electron chi connectivity index (χ1n) is 8.92. The Balaban J connectivity index is 1.93. The van der Waals surface area contributed by atoms with Crippen LogP contribution in [0.3, 0.4) is 0 Å². The van der Waals surface area contributed by atoms with Crippen LogP contribution < -0.4 is 11.1 Å². The fourth-order valence-corrected chi connectivity index (χ4v) is 4.00. The summed E-state index contributed by atoms with van der Waals surface area (Å²) in [7, 11) is 0. The van der Waals surface area contributed by atoms with E-state index in [-0.39, 0.29) is 18.4 Å². The van der Waals surface area contributed by atoms with Crippen LogP contribution in [0.5, 0.6) is 0 Å². The maximum atomic E-state index is 13.5. The molecule has 2 unspecified atom stereocenters. The van der Waals surface area contributed by atoms with Crippen molar-refractivity contribution in [1.29, 1.82) is 0 Å². The van der Waals surface area contributed by atoms with Gasteiger partial charge in [-0.05, 0) is 54.0 Å². The SMILES string of the molecule is NC(CCSCCC(c1ccc(C2=CCNCC2)cc1)C(F)(F)F)C(=O)O. The van der Waals surface area contributed by atoms with Crippen molar-refractivity contribution in [2.75, 3.05) is 24.6 Å². The molecule has 0 aromatic heterocycles. The molecule has 0 bridgehead atoms. The lowest BCUT2D eigenvalue weighted by Gasteiger charge is -2.21. The van der Waals surface area contributed by atoms with E-state index in [2.05, 4.69) is 11.4 Å². The summed E-state index contributed by atoms with van der Waals surface area (Å²) in [6.45, 7) is 1.66. The summed E-state index contributed by atoms with van der Waals surface area (Å²) in [6.07, 6.45) is -1.17. The molecule has 0 saturated heterocycles. The fourth-order valence-electron chi connectivity index (χ4n) is 2.97. The van der Waals surface area contributed by atoms with Gasteiger partial charge >= 0.3 is 12.1 Å². The molecule has 1 aliphatic rings. The molecule has 0 spiro atoms. The van der Waals surface area contributed by atoms with Crippen LogP contribution in [-0.4, -0.2) is 47.9 Å². The molecule has 150 valence electrons. The topological polar surface area (TPSA) is 75.3 Å². The maximum Gasteiger partial charge on any atom is 0.395 e. The number of hydrogen-bond donors (Lipinski definition) is 3. The number of halogens is 3. The first kappa shape index (κ1) is 21.8. The first-order chi connectivity index (χ1) is 12.8. The van der Waals surface area contributed by atoms with Crippen molar-refractivity contribution in [2.45, 2.75) is 37.4 Å². The van der Waals surface area contributed by atoms with Gasteiger partial charge in [0.05, 0.1) is 5.92 Å². The Hall–Kier alpha value is -1.51. The Morgan fingerprint density at radius 2 is 1.89 bits per heavy atom. The van der Waals surface area contributed by atoms with Crippen molar-refractivity contribution >= 4 is 23.3 Å². The molecule has 0 saturated carbocycles. The number of nitrogens with one attached hydrogen (secondary N) is 1. The number of carbonyl (C=O) groups is 1. The molecule has 2 atom stereocenters. The highest BCUT2D eigenvalue weighted by atomic mass is 32.2. The number of alkyl halides is 3. The minimum atomic E-state index is -4.31. The minimum Gasteiger partial charge on any atom is -0.480 e. The molecule has 0 fully saturated rings. The number of thioether (sulfide) groups is 1. The van der Waals surface area contributed by atoms with Gasteiger partial charge < -0.3 is 16.2 Å². The summed E-state index contributed by atoms with van der Waals surface area (Å²) in [5.74, 6) is -1.88. The van der Waals surface area contributed by atoms with Gasteiger partial charge in [-0.3, -0.25) is 4.79 Å². The first-order valence-corrected chi connectivity index (χ1v) is 10.1. The lowest BCUT2D eigenvalue weighted by atomic mass is 9.92. The van der Waals surface area contributed by atoms with Crippen molar-refractivity contribution in [1.82, 2.24) is 5.32 Å². The van der Waals surface area contributed by atoms with Gasteiger partial charge in [-0.1, -0.05) is 30.3 Å². The van der Waals surface area contributed by atoms with E-state index < -0.39 is 24.1 Å². The van der Waals surface area contributed by atoms with E-state index in [0.717, 1.165) is 30.6 Å². The van der Waals surface area contributed by atoms with Crippen molar-refractivity contribution in [3.05, 3.63) is 41.5 Å². The molecule has 2 rings (SSSR count). The third-order valence-electron chi connectivity index (χ3n) is 4.58. The van der Waals surface area contributed by atoms with Crippen molar-refractivity contribution < 1.29 is 23.1 Å². The second kappa shape index (κ2) is 10.1. The van der Waals surface area contributed by atoms with Crippen LogP contribution in [0.2, 0.25) is 0 Å². The zero-order chi connectivity index (χ0) is 19.9. The van der Waals surface area contributed by atoms with E-state index in [1.807, 2.05) is 0 Å². The number of hydrogen-bond acceptors (Lipinski definition) is 4. The Labute approximate surface area is 161 Å². The summed E-state index contributed by atoms with van der Waals surface area (Å²) < 4.78 is 40.4. The molecule has 0 aliphatic carbocycles. The largest absolute Gasteiger partial charge is 0.480 e. The van der Waals surface area contributed by atoms with Gasteiger partial charge in [-0.15, -0.1) is 0 Å². The summed E-state index contributed by atoms with van der Waals surface area (Å²) >= 11 is 1.30. The minimum absolute atomic E-state index is 0.0392. The van der Waals surface area contributed by atoms with E-state index in [4.69, 9.17) is 10.8 Å². The highest BCUT2D eigenvalue weighted by Gasteiger charge is 2.40. The normalized spacial score (nSPS) is 17.3. The van der Waals surface area contributed by atoms with Crippen LogP contribution in [0.1, 0.15) is 36.3 Å². The molecule has 1 aromatic rings. The number of carboxylic acid groups (broad SMARTS) is 1. The molecule has 27 heavy (non-hydrogen) atoms. The molecule has 1 aliphatic heterocycles.